The second-order valence-electron chi connectivity index (χ2n) is 4.65. The van der Waals surface area contributed by atoms with Crippen molar-refractivity contribution in [1.82, 2.24) is 0 Å². The Bertz CT molecular complexity index is 870. The summed E-state index contributed by atoms with van der Waals surface area (Å²) in [5.74, 6) is -3.87. The van der Waals surface area contributed by atoms with Crippen molar-refractivity contribution < 1.29 is 26.4 Å². The lowest BCUT2D eigenvalue weighted by Crippen LogP contribution is -2.14. The second-order valence-corrected chi connectivity index (χ2v) is 6.40. The van der Waals surface area contributed by atoms with Crippen LogP contribution < -0.4 is 10.0 Å². The molecule has 0 radical (unpaired) electrons. The van der Waals surface area contributed by atoms with Crippen molar-refractivity contribution in [1.29, 1.82) is 0 Å². The molecule has 23 heavy (non-hydrogen) atoms. The molecule has 0 atom stereocenters. The van der Waals surface area contributed by atoms with Crippen LogP contribution in [0.2, 0.25) is 0 Å². The SMILES string of the molecule is CS(=O)(=O)Nc1cc(NC(=O)c2ccc(F)c(F)c2)ccc1F. The lowest BCUT2D eigenvalue weighted by atomic mass is 10.2. The van der Waals surface area contributed by atoms with Gasteiger partial charge < -0.3 is 5.32 Å². The van der Waals surface area contributed by atoms with Gasteiger partial charge in [-0.15, -0.1) is 0 Å². The molecular formula is C14H11F3N2O3S. The fourth-order valence-corrected chi connectivity index (χ4v) is 2.28. The number of benzene rings is 2. The minimum Gasteiger partial charge on any atom is -0.322 e. The average molecular weight is 344 g/mol. The summed E-state index contributed by atoms with van der Waals surface area (Å²) < 4.78 is 63.7. The molecule has 0 fully saturated rings. The number of carbonyl (C=O) groups is 1. The van der Waals surface area contributed by atoms with Crippen LogP contribution >= 0.6 is 0 Å². The van der Waals surface area contributed by atoms with E-state index in [0.29, 0.717) is 6.07 Å². The zero-order valence-corrected chi connectivity index (χ0v) is 12.5. The Morgan fingerprint density at radius 1 is 0.957 bits per heavy atom. The van der Waals surface area contributed by atoms with Crippen LogP contribution in [0.4, 0.5) is 24.5 Å². The number of nitrogens with one attached hydrogen (secondary N) is 2. The van der Waals surface area contributed by atoms with Gasteiger partial charge in [0.05, 0.1) is 11.9 Å². The molecule has 0 saturated heterocycles. The highest BCUT2D eigenvalue weighted by molar-refractivity contribution is 7.92. The normalized spacial score (nSPS) is 11.1. The minimum atomic E-state index is -3.70. The third kappa shape index (κ3) is 4.46. The molecular weight excluding hydrogens is 333 g/mol. The Morgan fingerprint density at radius 3 is 2.22 bits per heavy atom. The maximum atomic E-state index is 13.5. The van der Waals surface area contributed by atoms with E-state index in [2.05, 4.69) is 5.32 Å². The van der Waals surface area contributed by atoms with Crippen molar-refractivity contribution in [2.24, 2.45) is 0 Å². The van der Waals surface area contributed by atoms with Gasteiger partial charge in [0, 0.05) is 11.3 Å². The monoisotopic (exact) mass is 344 g/mol. The first-order chi connectivity index (χ1) is 10.7. The van der Waals surface area contributed by atoms with E-state index in [1.807, 2.05) is 4.72 Å². The van der Waals surface area contributed by atoms with Gasteiger partial charge in [0.15, 0.2) is 11.6 Å². The summed E-state index contributed by atoms with van der Waals surface area (Å²) >= 11 is 0. The van der Waals surface area contributed by atoms with Gasteiger partial charge in [-0.3, -0.25) is 9.52 Å². The predicted molar refractivity (Wildman–Crippen MR) is 79.2 cm³/mol. The summed E-state index contributed by atoms with van der Waals surface area (Å²) in [6.07, 6.45) is 0.846. The van der Waals surface area contributed by atoms with Crippen LogP contribution in [0.3, 0.4) is 0 Å². The first-order valence-electron chi connectivity index (χ1n) is 6.19. The van der Waals surface area contributed by atoms with Gasteiger partial charge in [0.2, 0.25) is 10.0 Å². The topological polar surface area (TPSA) is 75.3 Å². The number of amides is 1. The molecule has 0 unspecified atom stereocenters. The quantitative estimate of drug-likeness (QED) is 0.895. The molecule has 122 valence electrons. The highest BCUT2D eigenvalue weighted by atomic mass is 32.2. The maximum Gasteiger partial charge on any atom is 0.255 e. The third-order valence-corrected chi connectivity index (χ3v) is 3.29. The van der Waals surface area contributed by atoms with Gasteiger partial charge in [-0.2, -0.15) is 0 Å². The van der Waals surface area contributed by atoms with Crippen molar-refractivity contribution >= 4 is 27.3 Å². The summed E-state index contributed by atoms with van der Waals surface area (Å²) in [5.41, 5.74) is -0.422. The van der Waals surface area contributed by atoms with E-state index in [1.165, 1.54) is 6.07 Å². The highest BCUT2D eigenvalue weighted by Gasteiger charge is 2.12. The minimum absolute atomic E-state index is 0.0762. The molecule has 2 rings (SSSR count). The molecule has 1 amide bonds. The van der Waals surface area contributed by atoms with Gasteiger partial charge in [-0.25, -0.2) is 21.6 Å². The third-order valence-electron chi connectivity index (χ3n) is 2.70. The second kappa shape index (κ2) is 6.29. The zero-order chi connectivity index (χ0) is 17.2. The zero-order valence-electron chi connectivity index (χ0n) is 11.7. The van der Waals surface area contributed by atoms with Gasteiger partial charge in [-0.1, -0.05) is 0 Å². The molecule has 5 nitrogen and oxygen atoms in total. The Morgan fingerprint density at radius 2 is 1.61 bits per heavy atom. The molecule has 0 saturated carbocycles. The molecule has 2 aromatic rings. The van der Waals surface area contributed by atoms with Gasteiger partial charge >= 0.3 is 0 Å². The first-order valence-corrected chi connectivity index (χ1v) is 8.08. The van der Waals surface area contributed by atoms with Crippen LogP contribution in [0.5, 0.6) is 0 Å². The Labute approximate surface area is 130 Å². The van der Waals surface area contributed by atoms with Crippen LogP contribution in [0.15, 0.2) is 36.4 Å². The smallest absolute Gasteiger partial charge is 0.255 e. The molecule has 2 aromatic carbocycles. The van der Waals surface area contributed by atoms with Crippen LogP contribution in [0.25, 0.3) is 0 Å². The van der Waals surface area contributed by atoms with E-state index in [9.17, 15) is 26.4 Å². The summed E-state index contributed by atoms with van der Waals surface area (Å²) in [7, 11) is -3.70. The summed E-state index contributed by atoms with van der Waals surface area (Å²) in [6, 6.07) is 5.80. The van der Waals surface area contributed by atoms with E-state index in [0.717, 1.165) is 30.5 Å². The number of hydrogen-bond donors (Lipinski definition) is 2. The number of anilines is 2. The van der Waals surface area contributed by atoms with Crippen molar-refractivity contribution in [3.05, 3.63) is 59.4 Å². The van der Waals surface area contributed by atoms with Crippen molar-refractivity contribution in [2.45, 2.75) is 0 Å². The van der Waals surface area contributed by atoms with Crippen LogP contribution in [-0.2, 0) is 10.0 Å². The molecule has 0 spiro atoms. The molecule has 0 aliphatic carbocycles. The van der Waals surface area contributed by atoms with Gasteiger partial charge in [0.1, 0.15) is 5.82 Å². The summed E-state index contributed by atoms with van der Waals surface area (Å²) in [6.45, 7) is 0. The molecule has 2 N–H and O–H groups in total. The summed E-state index contributed by atoms with van der Waals surface area (Å²) in [4.78, 5) is 11.9. The maximum absolute atomic E-state index is 13.5. The van der Waals surface area contributed by atoms with E-state index >= 15 is 0 Å². The van der Waals surface area contributed by atoms with E-state index in [4.69, 9.17) is 0 Å². The number of carbonyl (C=O) groups excluding carboxylic acids is 1. The largest absolute Gasteiger partial charge is 0.322 e. The van der Waals surface area contributed by atoms with Crippen LogP contribution in [0.1, 0.15) is 10.4 Å². The first kappa shape index (κ1) is 16.8. The predicted octanol–water partition coefficient (Wildman–Crippen LogP) is 2.73. The van der Waals surface area contributed by atoms with E-state index < -0.39 is 33.4 Å². The Hall–Kier alpha value is -2.55. The van der Waals surface area contributed by atoms with Crippen molar-refractivity contribution in [2.75, 3.05) is 16.3 Å². The molecule has 0 aliphatic rings. The van der Waals surface area contributed by atoms with Crippen LogP contribution in [0, 0.1) is 17.5 Å². The standard InChI is InChI=1S/C14H11F3N2O3S/c1-23(21,22)19-13-7-9(3-5-11(13)16)18-14(20)8-2-4-10(15)12(17)6-8/h2-7,19H,1H3,(H,18,20). The Kier molecular flexibility index (Phi) is 4.60. The van der Waals surface area contributed by atoms with E-state index in [-0.39, 0.29) is 16.9 Å². The van der Waals surface area contributed by atoms with Crippen LogP contribution in [-0.4, -0.2) is 20.6 Å². The highest BCUT2D eigenvalue weighted by Crippen LogP contribution is 2.21. The van der Waals surface area contributed by atoms with Gasteiger partial charge in [-0.05, 0) is 36.4 Å². The fourth-order valence-electron chi connectivity index (χ4n) is 1.72. The van der Waals surface area contributed by atoms with E-state index in [1.54, 1.807) is 0 Å². The average Bonchev–Trinajstić information content (AvgIpc) is 2.44. The molecule has 9 heteroatoms. The number of sulfonamides is 1. The Balaban J connectivity index is 2.24. The number of hydrogen-bond acceptors (Lipinski definition) is 3. The van der Waals surface area contributed by atoms with Crippen molar-refractivity contribution in [3.63, 3.8) is 0 Å². The van der Waals surface area contributed by atoms with Crippen molar-refractivity contribution in [3.8, 4) is 0 Å². The number of rotatable bonds is 4. The lowest BCUT2D eigenvalue weighted by Gasteiger charge is -2.09. The molecule has 0 heterocycles. The number of halogens is 3. The fraction of sp³-hybridized carbons (Fsp3) is 0.0714. The molecule has 0 aromatic heterocycles. The van der Waals surface area contributed by atoms with Gasteiger partial charge in [0.25, 0.3) is 5.91 Å². The molecule has 0 bridgehead atoms. The lowest BCUT2D eigenvalue weighted by molar-refractivity contribution is 0.102. The molecule has 0 aliphatic heterocycles. The summed E-state index contributed by atoms with van der Waals surface area (Å²) in [5, 5.41) is 2.33.